The number of aromatic carboxylic acids is 1. The number of rotatable bonds is 4. The van der Waals surface area contributed by atoms with Crippen molar-refractivity contribution in [1.82, 2.24) is 4.57 Å². The van der Waals surface area contributed by atoms with Crippen molar-refractivity contribution in [2.45, 2.75) is 6.92 Å². The van der Waals surface area contributed by atoms with E-state index >= 15 is 0 Å². The molecule has 0 aliphatic rings. The van der Waals surface area contributed by atoms with Gasteiger partial charge in [0.15, 0.2) is 0 Å². The summed E-state index contributed by atoms with van der Waals surface area (Å²) in [5, 5.41) is 15.4. The Kier molecular flexibility index (Phi) is 5.94. The van der Waals surface area contributed by atoms with E-state index in [1.165, 1.54) is 22.8 Å². The van der Waals surface area contributed by atoms with Gasteiger partial charge in [0.05, 0.1) is 22.2 Å². The van der Waals surface area contributed by atoms with Gasteiger partial charge in [0.2, 0.25) is 0 Å². The molecule has 0 spiro atoms. The minimum absolute atomic E-state index is 0. The van der Waals surface area contributed by atoms with E-state index in [2.05, 4.69) is 5.32 Å². The van der Waals surface area contributed by atoms with Gasteiger partial charge in [0.1, 0.15) is 10.6 Å². The molecule has 0 bridgehead atoms. The van der Waals surface area contributed by atoms with Crippen LogP contribution in [0.25, 0.3) is 15.9 Å². The number of para-hydroxylation sites is 1. The van der Waals surface area contributed by atoms with Crippen LogP contribution in [0.3, 0.4) is 0 Å². The Bertz CT molecular complexity index is 1270. The third-order valence-electron chi connectivity index (χ3n) is 4.37. The number of fused-ring (bicyclic) bond motifs is 1. The van der Waals surface area contributed by atoms with Crippen LogP contribution in [0.1, 0.15) is 15.2 Å². The zero-order valence-corrected chi connectivity index (χ0v) is 16.5. The summed E-state index contributed by atoms with van der Waals surface area (Å²) in [5.74, 6) is -1.70. The van der Waals surface area contributed by atoms with Gasteiger partial charge in [0.25, 0.3) is 5.56 Å². The molecule has 140 valence electrons. The molecular weight excluding hydrogens is 386 g/mol. The number of carbonyl (C=O) groups excluding carboxylic acids is 1. The van der Waals surface area contributed by atoms with Crippen molar-refractivity contribution in [1.29, 1.82) is 0 Å². The third-order valence-corrected chi connectivity index (χ3v) is 5.54. The first kappa shape index (κ1) is 20.9. The summed E-state index contributed by atoms with van der Waals surface area (Å²) in [6.45, 7) is 1.62. The molecule has 2 aromatic carbocycles. The van der Waals surface area contributed by atoms with Crippen LogP contribution in [0, 0.1) is 12.7 Å². The first-order valence-electron chi connectivity index (χ1n) is 8.44. The molecule has 0 aliphatic heterocycles. The van der Waals surface area contributed by atoms with Crippen LogP contribution in [0.2, 0.25) is 0 Å². The average molecular weight is 400 g/mol. The molecule has 4 rings (SSSR count). The van der Waals surface area contributed by atoms with Crippen molar-refractivity contribution in [2.24, 2.45) is 0 Å². The second-order valence-corrected chi connectivity index (χ2v) is 7.24. The number of hydrogen-bond donors (Lipinski definition) is 1. The van der Waals surface area contributed by atoms with Crippen LogP contribution < -0.4 is 34.8 Å². The Morgan fingerprint density at radius 1 is 1.10 bits per heavy atom. The van der Waals surface area contributed by atoms with Crippen molar-refractivity contribution in [3.63, 3.8) is 0 Å². The van der Waals surface area contributed by atoms with Crippen molar-refractivity contribution >= 4 is 38.9 Å². The van der Waals surface area contributed by atoms with Gasteiger partial charge in [-0.3, -0.25) is 9.36 Å². The molecule has 0 atom stereocenters. The second-order valence-electron chi connectivity index (χ2n) is 6.24. The van der Waals surface area contributed by atoms with E-state index in [0.717, 1.165) is 11.3 Å². The van der Waals surface area contributed by atoms with Gasteiger partial charge in [-0.25, -0.2) is 4.39 Å². The molecular formula is C21H14FLiN2O3S. The topological polar surface area (TPSA) is 74.2 Å². The number of carboxylic acid groups (broad SMARTS) is 1. The van der Waals surface area contributed by atoms with E-state index in [9.17, 15) is 19.1 Å². The van der Waals surface area contributed by atoms with Crippen LogP contribution in [-0.2, 0) is 0 Å². The molecule has 0 fully saturated rings. The smallest absolute Gasteiger partial charge is 0.544 e. The number of thiophene rings is 1. The minimum Gasteiger partial charge on any atom is -0.544 e. The van der Waals surface area contributed by atoms with E-state index in [4.69, 9.17) is 0 Å². The first-order chi connectivity index (χ1) is 13.5. The molecule has 0 saturated heterocycles. The average Bonchev–Trinajstić information content (AvgIpc) is 3.04. The number of aryl methyl sites for hydroxylation is 1. The summed E-state index contributed by atoms with van der Waals surface area (Å²) < 4.78 is 15.0. The number of aromatic nitrogens is 1. The normalized spacial score (nSPS) is 10.6. The van der Waals surface area contributed by atoms with E-state index in [1.54, 1.807) is 43.3 Å². The Labute approximate surface area is 181 Å². The molecule has 0 radical (unpaired) electrons. The summed E-state index contributed by atoms with van der Waals surface area (Å²) in [6, 6.07) is 16.4. The third kappa shape index (κ3) is 3.85. The fourth-order valence-electron chi connectivity index (χ4n) is 3.04. The molecule has 0 amide bonds. The number of halogens is 1. The molecule has 4 aromatic rings. The molecule has 0 aliphatic carbocycles. The van der Waals surface area contributed by atoms with Gasteiger partial charge in [-0.1, -0.05) is 18.2 Å². The molecule has 8 heteroatoms. The maximum Gasteiger partial charge on any atom is 1.00 e. The summed E-state index contributed by atoms with van der Waals surface area (Å²) in [5.41, 5.74) is 1.65. The maximum atomic E-state index is 13.6. The van der Waals surface area contributed by atoms with Crippen LogP contribution in [-0.4, -0.2) is 10.5 Å². The Morgan fingerprint density at radius 3 is 2.48 bits per heavy atom. The maximum absolute atomic E-state index is 13.6. The molecule has 0 saturated carbocycles. The van der Waals surface area contributed by atoms with Gasteiger partial charge in [-0.2, -0.15) is 0 Å². The molecule has 5 nitrogen and oxygen atoms in total. The summed E-state index contributed by atoms with van der Waals surface area (Å²) in [7, 11) is 0. The number of anilines is 2. The van der Waals surface area contributed by atoms with Crippen LogP contribution >= 0.6 is 11.3 Å². The Hall–Kier alpha value is -2.85. The van der Waals surface area contributed by atoms with Gasteiger partial charge in [-0.05, 0) is 48.9 Å². The fourth-order valence-corrected chi connectivity index (χ4v) is 4.14. The van der Waals surface area contributed by atoms with E-state index in [1.807, 2.05) is 6.07 Å². The van der Waals surface area contributed by atoms with Crippen LogP contribution in [0.5, 0.6) is 0 Å². The standard InChI is InChI=1S/C21H15FN2O3S.Li/c1-12-11-13(7-9-16(12)22)23-18-15-8-10-17(25)24(14-5-3-2-4-6-14)20(15)28-19(18)21(26)27;/h2-11,23H,1H3,(H,26,27);/q;+1/p-1. The second kappa shape index (κ2) is 8.25. The number of pyridine rings is 1. The monoisotopic (exact) mass is 400 g/mol. The number of nitrogens with zero attached hydrogens (tertiary/aromatic N) is 1. The molecule has 2 aromatic heterocycles. The van der Waals surface area contributed by atoms with E-state index < -0.39 is 5.97 Å². The van der Waals surface area contributed by atoms with E-state index in [-0.39, 0.29) is 35.1 Å². The van der Waals surface area contributed by atoms with Crippen molar-refractivity contribution in [3.8, 4) is 5.69 Å². The first-order valence-corrected chi connectivity index (χ1v) is 9.26. The Balaban J connectivity index is 0.00000240. The van der Waals surface area contributed by atoms with Crippen LogP contribution in [0.4, 0.5) is 15.8 Å². The number of carbonyl (C=O) groups is 1. The number of nitrogens with one attached hydrogen (secondary N) is 1. The van der Waals surface area contributed by atoms with Gasteiger partial charge in [-0.15, -0.1) is 11.3 Å². The van der Waals surface area contributed by atoms with Gasteiger partial charge < -0.3 is 15.2 Å². The van der Waals surface area contributed by atoms with Crippen molar-refractivity contribution in [3.05, 3.63) is 87.3 Å². The van der Waals surface area contributed by atoms with Crippen molar-refractivity contribution < 1.29 is 33.2 Å². The Morgan fingerprint density at radius 2 is 1.83 bits per heavy atom. The predicted molar refractivity (Wildman–Crippen MR) is 106 cm³/mol. The molecule has 2 heterocycles. The summed E-state index contributed by atoms with van der Waals surface area (Å²) >= 11 is 0.959. The molecule has 1 N–H and O–H groups in total. The summed E-state index contributed by atoms with van der Waals surface area (Å²) in [4.78, 5) is 24.7. The largest absolute Gasteiger partial charge is 1.00 e. The van der Waals surface area contributed by atoms with Gasteiger partial charge >= 0.3 is 18.9 Å². The number of hydrogen-bond acceptors (Lipinski definition) is 5. The van der Waals surface area contributed by atoms with Crippen molar-refractivity contribution in [2.75, 3.05) is 5.32 Å². The summed E-state index contributed by atoms with van der Waals surface area (Å²) in [6.07, 6.45) is 0. The van der Waals surface area contributed by atoms with Crippen LogP contribution in [0.15, 0.2) is 65.5 Å². The fraction of sp³-hybridized carbons (Fsp3) is 0.0476. The SMILES string of the molecule is Cc1cc(Nc2c(C(=O)[O-])sc3c2ccc(=O)n3-c2ccccc2)ccc1F.[Li+]. The molecule has 29 heavy (non-hydrogen) atoms. The number of carboxylic acids is 1. The van der Waals surface area contributed by atoms with Gasteiger partial charge in [0, 0.05) is 17.1 Å². The minimum atomic E-state index is -1.35. The molecule has 0 unspecified atom stereocenters. The quantitative estimate of drug-likeness (QED) is 0.510. The zero-order chi connectivity index (χ0) is 19.8. The van der Waals surface area contributed by atoms with E-state index in [0.29, 0.717) is 32.8 Å². The predicted octanol–water partition coefficient (Wildman–Crippen LogP) is 0.611. The number of benzene rings is 2. The zero-order valence-electron chi connectivity index (χ0n) is 15.7.